The summed E-state index contributed by atoms with van der Waals surface area (Å²) in [5.41, 5.74) is -15.5. The summed E-state index contributed by atoms with van der Waals surface area (Å²) < 4.78 is 17.2. The average Bonchev–Trinajstić information content (AvgIpc) is 3.26. The standard InChI is InChI=1S/C35H42O21S9.C5H12O4/c36-2-1-31(12-37,32(9-26(51)61,10-27(52)62)11-28(53)63)15-54-25(50)8-30(65)56-35(18(59)5-22(44)45,19(60)6-23(46)47)33(13-38,14-39)34(16(57)3-20(40)41,17(58)4-21(42)43)55-29(64)7-24(48)49;6-1-5(2-7,3-8)4-9/h36-39H,1-15H2,(H,40,41)(H,42,43)(H,44,45)(H,46,47)(H,48,49)(H,51,61)(H,52,62)(H,53,63);6-9H,1-4H2. The predicted molar refractivity (Wildman–Crippen MR) is 287 cm³/mol. The van der Waals surface area contributed by atoms with Gasteiger partial charge in [-0.2, -0.15) is 0 Å². The van der Waals surface area contributed by atoms with Crippen LogP contribution in [0.1, 0.15) is 64.2 Å². The molecule has 0 aromatic rings. The lowest BCUT2D eigenvalue weighted by molar-refractivity contribution is -0.159. The molecule has 0 heterocycles. The van der Waals surface area contributed by atoms with E-state index >= 15 is 0 Å². The van der Waals surface area contributed by atoms with Gasteiger partial charge in [0.15, 0.2) is 36.6 Å². The second-order valence-electron chi connectivity index (χ2n) is 16.1. The predicted octanol–water partition coefficient (Wildman–Crippen LogP) is -1.26. The highest BCUT2D eigenvalue weighted by Gasteiger charge is 2.73. The van der Waals surface area contributed by atoms with Crippen LogP contribution in [0.25, 0.3) is 0 Å². The maximum atomic E-state index is 13.7. The lowest BCUT2D eigenvalue weighted by atomic mass is 9.55. The van der Waals surface area contributed by atoms with Crippen LogP contribution in [0.4, 0.5) is 0 Å². The first-order valence-corrected chi connectivity index (χ1v) is 24.3. The lowest BCUT2D eigenvalue weighted by Gasteiger charge is -2.57. The number of hydrogen-bond donors (Lipinski definition) is 16. The summed E-state index contributed by atoms with van der Waals surface area (Å²) >= 11 is 43.4. The molecule has 0 rings (SSSR count). The zero-order valence-electron chi connectivity index (χ0n) is 38.4. The molecule has 0 saturated heterocycles. The van der Waals surface area contributed by atoms with Crippen molar-refractivity contribution in [3.63, 3.8) is 0 Å². The molecule has 34 heteroatoms. The van der Waals surface area contributed by atoms with Gasteiger partial charge < -0.3 is 80.6 Å². The molecule has 0 radical (unpaired) electrons. The van der Waals surface area contributed by atoms with Crippen LogP contribution in [0.5, 0.6) is 0 Å². The molecular weight excluding hydrogens is 1170 g/mol. The smallest absolute Gasteiger partial charge is 0.314 e. The third-order valence-electron chi connectivity index (χ3n) is 11.2. The molecule has 0 aliphatic carbocycles. The zero-order valence-corrected chi connectivity index (χ0v) is 46.0. The largest absolute Gasteiger partial charge is 0.481 e. The van der Waals surface area contributed by atoms with Gasteiger partial charge in [-0.05, 0) is 30.9 Å². The molecule has 0 bridgehead atoms. The number of carbonyl (C=O) groups excluding carboxylic acids is 4. The number of aliphatic hydroxyl groups excluding tert-OH is 8. The molecular formula is C40H54O25S9. The number of carbonyl (C=O) groups is 9. The van der Waals surface area contributed by atoms with Gasteiger partial charge in [-0.1, -0.05) is 48.9 Å². The fraction of sp³-hybridized carbons (Fsp3) is 0.625. The molecule has 0 fully saturated rings. The van der Waals surface area contributed by atoms with E-state index in [2.05, 4.69) is 37.9 Å². The van der Waals surface area contributed by atoms with E-state index < -0.39 is 237 Å². The molecule has 0 aliphatic rings. The van der Waals surface area contributed by atoms with E-state index in [-0.39, 0.29) is 0 Å². The Bertz CT molecular complexity index is 2040. The molecule has 25 nitrogen and oxygen atoms in total. The van der Waals surface area contributed by atoms with Crippen molar-refractivity contribution in [2.24, 2.45) is 21.7 Å². The highest BCUT2D eigenvalue weighted by molar-refractivity contribution is 7.97. The number of hydrogen-bond acceptors (Lipinski definition) is 26. The monoisotopic (exact) mass is 1220 g/mol. The van der Waals surface area contributed by atoms with Crippen molar-refractivity contribution in [1.29, 1.82) is 0 Å². The Morgan fingerprint density at radius 3 is 0.919 bits per heavy atom. The van der Waals surface area contributed by atoms with Crippen LogP contribution < -0.4 is 0 Å². The minimum Gasteiger partial charge on any atom is -0.481 e. The van der Waals surface area contributed by atoms with Crippen LogP contribution in [-0.4, -0.2) is 218 Å². The maximum absolute atomic E-state index is 13.7. The summed E-state index contributed by atoms with van der Waals surface area (Å²) in [5, 5.41) is 122. The van der Waals surface area contributed by atoms with Gasteiger partial charge in [0.1, 0.15) is 18.3 Å². The molecule has 1 atom stereocenters. The fourth-order valence-corrected chi connectivity index (χ4v) is 10.9. The second-order valence-corrected chi connectivity index (χ2v) is 20.5. The molecule has 0 spiro atoms. The van der Waals surface area contributed by atoms with Crippen LogP contribution in [0.2, 0.25) is 0 Å². The zero-order chi connectivity index (χ0) is 58.2. The number of ether oxygens (including phenoxy) is 3. The summed E-state index contributed by atoms with van der Waals surface area (Å²) in [7, 11) is 0. The minimum atomic E-state index is -3.51. The van der Waals surface area contributed by atoms with Crippen molar-refractivity contribution in [2.45, 2.75) is 75.4 Å². The first-order chi connectivity index (χ1) is 34.1. The van der Waals surface area contributed by atoms with Crippen molar-refractivity contribution < 1.29 is 124 Å². The van der Waals surface area contributed by atoms with E-state index in [4.69, 9.17) is 108 Å². The third-order valence-corrected chi connectivity index (χ3v) is 13.8. The highest BCUT2D eigenvalue weighted by atomic mass is 32.1. The van der Waals surface area contributed by atoms with Gasteiger partial charge in [0.25, 0.3) is 0 Å². The molecule has 1 unspecified atom stereocenters. The summed E-state index contributed by atoms with van der Waals surface area (Å²) in [6.07, 6.45) is -11.2. The van der Waals surface area contributed by atoms with Gasteiger partial charge in [-0.25, -0.2) is 0 Å². The SMILES string of the molecule is O=C(O)CC(=S)OC(C(=S)CC(=O)O)(C(=S)CC(=O)O)C(CO)(CO)C(OC(=S)CC(=O)OCC(CO)(CCO)C(CC(=O)S)(CC(=O)S)CC(=O)S)(C(=S)CC(=O)O)C(=S)CC(=O)O.OCC(CO)(CO)CO. The third kappa shape index (κ3) is 19.3. The Labute approximate surface area is 469 Å². The number of rotatable bonds is 38. The van der Waals surface area contributed by atoms with Gasteiger partial charge in [0.2, 0.25) is 0 Å². The Hall–Kier alpha value is -3.30. The number of aliphatic carboxylic acids is 5. The summed E-state index contributed by atoms with van der Waals surface area (Å²) in [5.74, 6) is -10.6. The van der Waals surface area contributed by atoms with Gasteiger partial charge in [0, 0.05) is 36.7 Å². The molecule has 0 saturated carbocycles. The quantitative estimate of drug-likeness (QED) is 0.0195. The van der Waals surface area contributed by atoms with E-state index in [1.165, 1.54) is 0 Å². The lowest BCUT2D eigenvalue weighted by Crippen LogP contribution is -2.77. The number of thiocarbonyl (C=S) groups is 6. The topological polar surface area (TPSA) is 444 Å². The van der Waals surface area contributed by atoms with Crippen molar-refractivity contribution in [1.82, 2.24) is 0 Å². The average molecular weight is 1220 g/mol. The summed E-state index contributed by atoms with van der Waals surface area (Å²) in [4.78, 5) is 107. The van der Waals surface area contributed by atoms with Gasteiger partial charge in [0.05, 0.1) is 103 Å². The first-order valence-electron chi connectivity index (χ1n) is 20.5. The Morgan fingerprint density at radius 2 is 0.703 bits per heavy atom. The fourth-order valence-electron chi connectivity index (χ4n) is 7.43. The van der Waals surface area contributed by atoms with E-state index in [0.29, 0.717) is 0 Å². The van der Waals surface area contributed by atoms with E-state index in [1.807, 2.05) is 0 Å². The number of esters is 1. The van der Waals surface area contributed by atoms with Crippen LogP contribution in [0.15, 0.2) is 0 Å². The number of carboxylic acid groups (broad SMARTS) is 5. The molecule has 74 heavy (non-hydrogen) atoms. The van der Waals surface area contributed by atoms with Crippen molar-refractivity contribution in [3.05, 3.63) is 0 Å². The molecule has 0 aromatic carbocycles. The van der Waals surface area contributed by atoms with E-state index in [0.717, 1.165) is 0 Å². The molecule has 13 N–H and O–H groups in total. The minimum absolute atomic E-state index is 0.406. The Kier molecular flexibility index (Phi) is 32.5. The molecule has 0 aliphatic heterocycles. The number of aliphatic hydroxyl groups is 8. The second kappa shape index (κ2) is 33.1. The van der Waals surface area contributed by atoms with Crippen molar-refractivity contribution >= 4 is 192 Å². The number of thiol groups is 3. The Balaban J connectivity index is 0. The van der Waals surface area contributed by atoms with Crippen molar-refractivity contribution in [3.8, 4) is 0 Å². The van der Waals surface area contributed by atoms with E-state index in [9.17, 15) is 89.1 Å². The summed E-state index contributed by atoms with van der Waals surface area (Å²) in [6, 6.07) is 0. The van der Waals surface area contributed by atoms with Crippen LogP contribution >= 0.6 is 111 Å². The van der Waals surface area contributed by atoms with Gasteiger partial charge in [-0.3, -0.25) is 43.2 Å². The van der Waals surface area contributed by atoms with Crippen LogP contribution in [0.3, 0.4) is 0 Å². The van der Waals surface area contributed by atoms with E-state index in [1.54, 1.807) is 0 Å². The van der Waals surface area contributed by atoms with Gasteiger partial charge in [-0.15, -0.1) is 37.9 Å². The van der Waals surface area contributed by atoms with Crippen LogP contribution in [0, 0.1) is 21.7 Å². The maximum Gasteiger partial charge on any atom is 0.314 e. The van der Waals surface area contributed by atoms with Crippen molar-refractivity contribution in [2.75, 3.05) is 59.5 Å². The normalized spacial score (nSPS) is 12.6. The molecule has 0 amide bonds. The number of carboxylic acids is 5. The summed E-state index contributed by atoms with van der Waals surface area (Å²) in [6.45, 7) is -8.24. The highest BCUT2D eigenvalue weighted by Crippen LogP contribution is 2.54. The van der Waals surface area contributed by atoms with Crippen LogP contribution in [-0.2, 0) is 57.4 Å². The first kappa shape index (κ1) is 72.8. The molecule has 0 aromatic heterocycles. The molecule has 418 valence electrons. The van der Waals surface area contributed by atoms with Gasteiger partial charge >= 0.3 is 35.8 Å². The Morgan fingerprint density at radius 1 is 0.405 bits per heavy atom.